The van der Waals surface area contributed by atoms with Crippen LogP contribution < -0.4 is 19.3 Å². The van der Waals surface area contributed by atoms with Crippen LogP contribution in [0, 0.1) is 11.3 Å². The van der Waals surface area contributed by atoms with Gasteiger partial charge in [0.1, 0.15) is 18.2 Å². The van der Waals surface area contributed by atoms with E-state index in [-0.39, 0.29) is 18.4 Å². The maximum atomic E-state index is 12.5. The monoisotopic (exact) mass is 571 g/mol. The number of ether oxygens (including phenoxy) is 2. The second-order valence-electron chi connectivity index (χ2n) is 11.6. The SMILES string of the molecule is C=CC(=O)N1CCN(c2nc(OCCN3CCCC3)nc3c2CCC(N2CCc4c(OC)cccc42)C3)CC1CC#N. The van der Waals surface area contributed by atoms with Crippen molar-refractivity contribution in [3.63, 3.8) is 0 Å². The Kier molecular flexibility index (Phi) is 8.47. The van der Waals surface area contributed by atoms with Crippen molar-refractivity contribution in [2.24, 2.45) is 0 Å². The Morgan fingerprint density at radius 2 is 2.00 bits per heavy atom. The van der Waals surface area contributed by atoms with Crippen LogP contribution in [0.2, 0.25) is 0 Å². The minimum Gasteiger partial charge on any atom is -0.496 e. The summed E-state index contributed by atoms with van der Waals surface area (Å²) in [5, 5.41) is 9.51. The molecule has 2 unspecified atom stereocenters. The molecule has 1 aromatic carbocycles. The van der Waals surface area contributed by atoms with Crippen LogP contribution in [-0.4, -0.2) is 97.3 Å². The van der Waals surface area contributed by atoms with Crippen molar-refractivity contribution in [1.82, 2.24) is 19.8 Å². The second-order valence-corrected chi connectivity index (χ2v) is 11.6. The number of nitriles is 1. The van der Waals surface area contributed by atoms with E-state index in [4.69, 9.17) is 19.4 Å². The van der Waals surface area contributed by atoms with Gasteiger partial charge >= 0.3 is 6.01 Å². The molecule has 10 nitrogen and oxygen atoms in total. The number of benzene rings is 1. The van der Waals surface area contributed by atoms with Gasteiger partial charge in [0.15, 0.2) is 0 Å². The summed E-state index contributed by atoms with van der Waals surface area (Å²) < 4.78 is 11.9. The molecule has 2 aromatic rings. The van der Waals surface area contributed by atoms with Crippen LogP contribution in [0.3, 0.4) is 0 Å². The van der Waals surface area contributed by atoms with Crippen molar-refractivity contribution >= 4 is 17.4 Å². The molecule has 4 heterocycles. The summed E-state index contributed by atoms with van der Waals surface area (Å²) in [5.41, 5.74) is 4.77. The molecule has 4 aliphatic rings. The molecule has 0 N–H and O–H groups in total. The highest BCUT2D eigenvalue weighted by molar-refractivity contribution is 5.87. The number of aromatic nitrogens is 2. The number of rotatable bonds is 9. The summed E-state index contributed by atoms with van der Waals surface area (Å²) in [6.45, 7) is 10.0. The molecule has 6 rings (SSSR count). The lowest BCUT2D eigenvalue weighted by atomic mass is 9.90. The van der Waals surface area contributed by atoms with E-state index in [1.165, 1.54) is 35.7 Å². The molecule has 0 spiro atoms. The summed E-state index contributed by atoms with van der Waals surface area (Å²) in [6, 6.07) is 9.14. The number of methoxy groups -OCH3 is 1. The normalized spacial score (nSPS) is 22.0. The zero-order valence-electron chi connectivity index (χ0n) is 24.6. The zero-order valence-corrected chi connectivity index (χ0v) is 24.6. The van der Waals surface area contributed by atoms with Crippen molar-refractivity contribution in [3.8, 4) is 17.8 Å². The third kappa shape index (κ3) is 5.62. The number of fused-ring (bicyclic) bond motifs is 2. The lowest BCUT2D eigenvalue weighted by Crippen LogP contribution is -2.55. The van der Waals surface area contributed by atoms with E-state index < -0.39 is 0 Å². The molecule has 0 radical (unpaired) electrons. The first-order chi connectivity index (χ1) is 20.6. The third-order valence-electron chi connectivity index (χ3n) is 9.29. The van der Waals surface area contributed by atoms with Gasteiger partial charge in [-0.05, 0) is 63.4 Å². The van der Waals surface area contributed by atoms with Gasteiger partial charge in [-0.1, -0.05) is 12.6 Å². The first-order valence-electron chi connectivity index (χ1n) is 15.3. The topological polar surface area (TPSA) is 98.1 Å². The average molecular weight is 572 g/mol. The highest BCUT2D eigenvalue weighted by Gasteiger charge is 2.36. The molecule has 3 aliphatic heterocycles. The maximum Gasteiger partial charge on any atom is 0.318 e. The Balaban J connectivity index is 1.27. The standard InChI is InChI=1S/C32H41N7O3/c1-3-30(40)39-18-17-37(22-24(39)11-13-33)31-25-10-9-23(38-16-12-26-28(38)7-6-8-29(26)41-2)21-27(25)34-32(35-31)42-20-19-36-14-4-5-15-36/h3,6-8,23-24H,1,4-5,9-12,14-22H2,2H3. The van der Waals surface area contributed by atoms with Gasteiger partial charge < -0.3 is 24.2 Å². The quantitative estimate of drug-likeness (QED) is 0.421. The molecule has 42 heavy (non-hydrogen) atoms. The lowest BCUT2D eigenvalue weighted by molar-refractivity contribution is -0.128. The van der Waals surface area contributed by atoms with Crippen LogP contribution in [0.1, 0.15) is 42.5 Å². The fourth-order valence-electron chi connectivity index (χ4n) is 7.15. The predicted octanol–water partition coefficient (Wildman–Crippen LogP) is 3.00. The van der Waals surface area contributed by atoms with Crippen LogP contribution >= 0.6 is 0 Å². The summed E-state index contributed by atoms with van der Waals surface area (Å²) in [7, 11) is 1.74. The van der Waals surface area contributed by atoms with Gasteiger partial charge in [0.05, 0.1) is 31.3 Å². The molecule has 10 heteroatoms. The molecule has 2 fully saturated rings. The third-order valence-corrected chi connectivity index (χ3v) is 9.29. The molecule has 1 aliphatic carbocycles. The molecule has 0 bridgehead atoms. The Morgan fingerprint density at radius 3 is 2.79 bits per heavy atom. The number of piperazine rings is 1. The minimum absolute atomic E-state index is 0.129. The average Bonchev–Trinajstić information content (AvgIpc) is 3.70. The molecule has 1 amide bonds. The molecule has 2 atom stereocenters. The molecule has 1 aromatic heterocycles. The van der Waals surface area contributed by atoms with E-state index in [0.717, 1.165) is 69.1 Å². The fraction of sp³-hybridized carbons (Fsp3) is 0.562. The van der Waals surface area contributed by atoms with Gasteiger partial charge in [0.25, 0.3) is 0 Å². The van der Waals surface area contributed by atoms with Crippen molar-refractivity contribution < 1.29 is 14.3 Å². The van der Waals surface area contributed by atoms with Crippen LogP contribution in [0.5, 0.6) is 11.8 Å². The number of carbonyl (C=O) groups is 1. The Labute approximate surface area is 248 Å². The van der Waals surface area contributed by atoms with E-state index in [1.54, 1.807) is 12.0 Å². The molecule has 0 saturated carbocycles. The highest BCUT2D eigenvalue weighted by Crippen LogP contribution is 2.40. The van der Waals surface area contributed by atoms with Crippen LogP contribution in [0.15, 0.2) is 30.9 Å². The van der Waals surface area contributed by atoms with Crippen molar-refractivity contribution in [1.29, 1.82) is 5.26 Å². The first-order valence-corrected chi connectivity index (χ1v) is 15.3. The van der Waals surface area contributed by atoms with E-state index in [9.17, 15) is 10.1 Å². The largest absolute Gasteiger partial charge is 0.496 e. The number of hydrogen-bond acceptors (Lipinski definition) is 9. The molecular formula is C32H41N7O3. The number of anilines is 2. The first kappa shape index (κ1) is 28.3. The predicted molar refractivity (Wildman–Crippen MR) is 161 cm³/mol. The van der Waals surface area contributed by atoms with Crippen LogP contribution in [0.25, 0.3) is 0 Å². The van der Waals surface area contributed by atoms with E-state index in [0.29, 0.717) is 38.3 Å². The number of hydrogen-bond donors (Lipinski definition) is 0. The second kappa shape index (κ2) is 12.6. The molecular weight excluding hydrogens is 530 g/mol. The number of carbonyl (C=O) groups excluding carboxylic acids is 1. The smallest absolute Gasteiger partial charge is 0.318 e. The Bertz CT molecular complexity index is 1350. The van der Waals surface area contributed by atoms with Gasteiger partial charge in [0.2, 0.25) is 5.91 Å². The summed E-state index contributed by atoms with van der Waals surface area (Å²) in [6.07, 6.45) is 7.78. The summed E-state index contributed by atoms with van der Waals surface area (Å²) >= 11 is 0. The Morgan fingerprint density at radius 1 is 1.14 bits per heavy atom. The zero-order chi connectivity index (χ0) is 29.1. The number of amides is 1. The van der Waals surface area contributed by atoms with E-state index >= 15 is 0 Å². The summed E-state index contributed by atoms with van der Waals surface area (Å²) in [4.78, 5) is 31.4. The van der Waals surface area contributed by atoms with Crippen molar-refractivity contribution in [2.75, 3.05) is 69.3 Å². The van der Waals surface area contributed by atoms with Gasteiger partial charge in [0, 0.05) is 62.0 Å². The lowest BCUT2D eigenvalue weighted by Gasteiger charge is -2.42. The van der Waals surface area contributed by atoms with Crippen molar-refractivity contribution in [3.05, 3.63) is 47.7 Å². The van der Waals surface area contributed by atoms with Crippen molar-refractivity contribution in [2.45, 2.75) is 57.0 Å². The highest BCUT2D eigenvalue weighted by atomic mass is 16.5. The van der Waals surface area contributed by atoms with Gasteiger partial charge in [-0.2, -0.15) is 15.2 Å². The van der Waals surface area contributed by atoms with E-state index in [1.807, 2.05) is 6.07 Å². The van der Waals surface area contributed by atoms with Crippen LogP contribution in [0.4, 0.5) is 11.5 Å². The van der Waals surface area contributed by atoms with Crippen LogP contribution in [-0.2, 0) is 24.1 Å². The minimum atomic E-state index is -0.216. The number of likely N-dealkylation sites (tertiary alicyclic amines) is 1. The van der Waals surface area contributed by atoms with Gasteiger partial charge in [-0.15, -0.1) is 0 Å². The molecule has 222 valence electrons. The van der Waals surface area contributed by atoms with E-state index in [2.05, 4.69) is 39.5 Å². The number of nitrogens with zero attached hydrogens (tertiary/aromatic N) is 7. The van der Waals surface area contributed by atoms with Gasteiger partial charge in [-0.25, -0.2) is 0 Å². The van der Waals surface area contributed by atoms with Gasteiger partial charge in [-0.3, -0.25) is 9.69 Å². The summed E-state index contributed by atoms with van der Waals surface area (Å²) in [5.74, 6) is 1.73. The fourth-order valence-corrected chi connectivity index (χ4v) is 7.15. The molecule has 2 saturated heterocycles. The Hall–Kier alpha value is -3.84. The maximum absolute atomic E-state index is 12.5.